The average molecular weight is 545 g/mol. The number of amides is 3. The molecule has 7 nitrogen and oxygen atoms in total. The zero-order chi connectivity index (χ0) is 27.7. The lowest BCUT2D eigenvalue weighted by Gasteiger charge is -2.35. The lowest BCUT2D eigenvalue weighted by atomic mass is 9.99. The van der Waals surface area contributed by atoms with Gasteiger partial charge < -0.3 is 15.1 Å². The van der Waals surface area contributed by atoms with Crippen LogP contribution in [0.4, 0.5) is 0 Å². The molecule has 39 heavy (non-hydrogen) atoms. The second kappa shape index (κ2) is 11.3. The first-order valence-electron chi connectivity index (χ1n) is 13.8. The van der Waals surface area contributed by atoms with Crippen molar-refractivity contribution in [2.24, 2.45) is 5.92 Å². The van der Waals surface area contributed by atoms with Crippen LogP contribution < -0.4 is 5.32 Å². The van der Waals surface area contributed by atoms with Gasteiger partial charge in [-0.3, -0.25) is 14.4 Å². The van der Waals surface area contributed by atoms with Crippen LogP contribution >= 0.6 is 11.3 Å². The molecule has 3 amide bonds. The zero-order valence-electron chi connectivity index (χ0n) is 23.0. The van der Waals surface area contributed by atoms with E-state index in [0.29, 0.717) is 25.1 Å². The Bertz CT molecular complexity index is 1370. The fraction of sp³-hybridized carbons (Fsp3) is 0.419. The number of benzene rings is 2. The van der Waals surface area contributed by atoms with Crippen LogP contribution in [-0.4, -0.2) is 51.1 Å². The van der Waals surface area contributed by atoms with Gasteiger partial charge in [0.15, 0.2) is 0 Å². The molecule has 0 radical (unpaired) electrons. The molecule has 2 aromatic carbocycles. The first kappa shape index (κ1) is 27.1. The van der Waals surface area contributed by atoms with Gasteiger partial charge in [0.05, 0.1) is 22.1 Å². The van der Waals surface area contributed by atoms with Crippen molar-refractivity contribution < 1.29 is 14.4 Å². The average Bonchev–Trinajstić information content (AvgIpc) is 3.67. The molecule has 0 spiro atoms. The highest BCUT2D eigenvalue weighted by atomic mass is 32.1. The lowest BCUT2D eigenvalue weighted by molar-refractivity contribution is -0.143. The molecule has 3 aromatic rings. The second-order valence-corrected chi connectivity index (χ2v) is 11.7. The molecule has 8 heteroatoms. The molecular formula is C31H36N4O3S. The van der Waals surface area contributed by atoms with Gasteiger partial charge in [0.25, 0.3) is 5.91 Å². The Balaban J connectivity index is 1.30. The van der Waals surface area contributed by atoms with Crippen LogP contribution in [0, 0.1) is 12.8 Å². The number of aromatic nitrogens is 1. The van der Waals surface area contributed by atoms with E-state index in [1.54, 1.807) is 21.1 Å². The van der Waals surface area contributed by atoms with Crippen LogP contribution in [0.1, 0.15) is 73.3 Å². The Kier molecular flexibility index (Phi) is 7.84. The van der Waals surface area contributed by atoms with Crippen molar-refractivity contribution >= 4 is 29.1 Å². The first-order chi connectivity index (χ1) is 18.8. The number of carbonyl (C=O) groups excluding carboxylic acids is 3. The van der Waals surface area contributed by atoms with Gasteiger partial charge in [-0.05, 0) is 54.9 Å². The summed E-state index contributed by atoms with van der Waals surface area (Å²) in [6, 6.07) is 14.5. The van der Waals surface area contributed by atoms with Gasteiger partial charge in [0.1, 0.15) is 12.1 Å². The van der Waals surface area contributed by atoms with Crippen molar-refractivity contribution in [1.29, 1.82) is 0 Å². The van der Waals surface area contributed by atoms with E-state index in [1.807, 2.05) is 50.5 Å². The highest BCUT2D eigenvalue weighted by molar-refractivity contribution is 7.13. The summed E-state index contributed by atoms with van der Waals surface area (Å²) in [6.45, 7) is 8.93. The Morgan fingerprint density at radius 3 is 2.51 bits per heavy atom. The van der Waals surface area contributed by atoms with Gasteiger partial charge in [-0.2, -0.15) is 0 Å². The smallest absolute Gasteiger partial charge is 0.255 e. The molecule has 1 aromatic heterocycles. The maximum Gasteiger partial charge on any atom is 0.255 e. The van der Waals surface area contributed by atoms with Crippen LogP contribution in [0.2, 0.25) is 0 Å². The summed E-state index contributed by atoms with van der Waals surface area (Å²) in [5.74, 6) is -0.459. The van der Waals surface area contributed by atoms with Crippen molar-refractivity contribution in [2.45, 2.75) is 71.6 Å². The van der Waals surface area contributed by atoms with Crippen LogP contribution in [0.15, 0.2) is 54.0 Å². The predicted octanol–water partition coefficient (Wildman–Crippen LogP) is 5.36. The van der Waals surface area contributed by atoms with Gasteiger partial charge in [-0.25, -0.2) is 4.98 Å². The molecule has 204 valence electrons. The molecule has 2 aliphatic rings. The summed E-state index contributed by atoms with van der Waals surface area (Å²) in [4.78, 5) is 49.6. The highest BCUT2D eigenvalue weighted by Crippen LogP contribution is 2.31. The van der Waals surface area contributed by atoms with Crippen molar-refractivity contribution in [2.75, 3.05) is 6.54 Å². The van der Waals surface area contributed by atoms with Crippen molar-refractivity contribution in [3.63, 3.8) is 0 Å². The van der Waals surface area contributed by atoms with Crippen molar-refractivity contribution in [3.8, 4) is 10.4 Å². The number of thiazole rings is 1. The number of carbonyl (C=O) groups is 3. The number of aryl methyl sites for hydroxylation is 1. The second-order valence-electron chi connectivity index (χ2n) is 10.8. The summed E-state index contributed by atoms with van der Waals surface area (Å²) in [5.41, 5.74) is 6.62. The molecule has 3 heterocycles. The van der Waals surface area contributed by atoms with Crippen molar-refractivity contribution in [3.05, 3.63) is 76.4 Å². The summed E-state index contributed by atoms with van der Waals surface area (Å²) >= 11 is 1.62. The normalized spacial score (nSPS) is 18.4. The number of hydrogen-bond donors (Lipinski definition) is 1. The standard InChI is InChI=1S/C31H36N4O3S/c1-5-25(21-12-14-22(15-13-21)28-20(4)32-18-39-28)33-29(36)26-11-8-16-34(26)31(38)27(19(2)3)35-17-23-9-6-7-10-24(23)30(35)37/h6-7,9-10,12-15,18-19,25-27H,5,8,11,16-17H2,1-4H3,(H,33,36)/t25-,26?,27-/m0/s1. The van der Waals surface area contributed by atoms with E-state index >= 15 is 0 Å². The monoisotopic (exact) mass is 544 g/mol. The Labute approximate surface area is 234 Å². The molecule has 2 aliphatic heterocycles. The molecule has 0 saturated carbocycles. The molecule has 1 fully saturated rings. The van der Waals surface area contributed by atoms with Crippen LogP contribution in [0.5, 0.6) is 0 Å². The third kappa shape index (κ3) is 5.22. The largest absolute Gasteiger partial charge is 0.348 e. The summed E-state index contributed by atoms with van der Waals surface area (Å²) in [5, 5.41) is 3.21. The van der Waals surface area contributed by atoms with Gasteiger partial charge in [-0.1, -0.05) is 63.2 Å². The number of likely N-dealkylation sites (tertiary alicyclic amines) is 1. The maximum atomic E-state index is 13.9. The third-order valence-electron chi connectivity index (χ3n) is 7.95. The number of hydrogen-bond acceptors (Lipinski definition) is 5. The van der Waals surface area contributed by atoms with Crippen LogP contribution in [-0.2, 0) is 16.1 Å². The quantitative estimate of drug-likeness (QED) is 0.414. The van der Waals surface area contributed by atoms with Crippen LogP contribution in [0.25, 0.3) is 10.4 Å². The van der Waals surface area contributed by atoms with Gasteiger partial charge in [0, 0.05) is 18.7 Å². The minimum atomic E-state index is -0.608. The fourth-order valence-electron chi connectivity index (χ4n) is 5.89. The molecule has 1 unspecified atom stereocenters. The van der Waals surface area contributed by atoms with E-state index in [9.17, 15) is 14.4 Å². The third-order valence-corrected chi connectivity index (χ3v) is 8.93. The van der Waals surface area contributed by atoms with E-state index < -0.39 is 12.1 Å². The zero-order valence-corrected chi connectivity index (χ0v) is 23.8. The minimum absolute atomic E-state index is 0.0795. The summed E-state index contributed by atoms with van der Waals surface area (Å²) in [7, 11) is 0. The topological polar surface area (TPSA) is 82.6 Å². The number of fused-ring (bicyclic) bond motifs is 1. The number of nitrogens with one attached hydrogen (secondary N) is 1. The van der Waals surface area contributed by atoms with E-state index in [0.717, 1.165) is 40.1 Å². The van der Waals surface area contributed by atoms with E-state index in [4.69, 9.17) is 0 Å². The molecular weight excluding hydrogens is 508 g/mol. The Hall–Kier alpha value is -3.52. The van der Waals surface area contributed by atoms with Gasteiger partial charge in [-0.15, -0.1) is 11.3 Å². The molecule has 3 atom stereocenters. The summed E-state index contributed by atoms with van der Waals surface area (Å²) in [6.07, 6.45) is 2.12. The summed E-state index contributed by atoms with van der Waals surface area (Å²) < 4.78 is 0. The van der Waals surface area contributed by atoms with Gasteiger partial charge >= 0.3 is 0 Å². The van der Waals surface area contributed by atoms with Gasteiger partial charge in [0.2, 0.25) is 11.8 Å². The highest BCUT2D eigenvalue weighted by Gasteiger charge is 2.44. The number of rotatable bonds is 8. The first-order valence-corrected chi connectivity index (χ1v) is 14.7. The predicted molar refractivity (Wildman–Crippen MR) is 153 cm³/mol. The fourth-order valence-corrected chi connectivity index (χ4v) is 6.70. The maximum absolute atomic E-state index is 13.9. The van der Waals surface area contributed by atoms with Crippen molar-refractivity contribution in [1.82, 2.24) is 20.1 Å². The molecule has 5 rings (SSSR count). The van der Waals surface area contributed by atoms with Crippen LogP contribution in [0.3, 0.4) is 0 Å². The molecule has 1 N–H and O–H groups in total. The minimum Gasteiger partial charge on any atom is -0.348 e. The SMILES string of the molecule is CC[C@H](NC(=O)C1CCCN1C(=O)[C@H](C(C)C)N1Cc2ccccc2C1=O)c1ccc(-c2scnc2C)cc1. The number of nitrogens with zero attached hydrogens (tertiary/aromatic N) is 3. The lowest BCUT2D eigenvalue weighted by Crippen LogP contribution is -2.55. The molecule has 1 saturated heterocycles. The van der Waals surface area contributed by atoms with E-state index in [1.165, 1.54) is 0 Å². The van der Waals surface area contributed by atoms with E-state index in [2.05, 4.69) is 41.5 Å². The van der Waals surface area contributed by atoms with E-state index in [-0.39, 0.29) is 29.7 Å². The Morgan fingerprint density at radius 1 is 1.13 bits per heavy atom. The Morgan fingerprint density at radius 2 is 1.87 bits per heavy atom. The molecule has 0 aliphatic carbocycles. The molecule has 0 bridgehead atoms.